The zero-order chi connectivity index (χ0) is 17.2. The lowest BCUT2D eigenvalue weighted by molar-refractivity contribution is 0.241. The molecular weight excluding hydrogens is 332 g/mol. The quantitative estimate of drug-likeness (QED) is 0.649. The first kappa shape index (κ1) is 16.7. The standard InChI is InChI=1S/C19H24N4OS/c1-13(19-20-15-10-6-7-11-16(15)25-19)23(2)12-17-21-18(24-22-17)14-8-4-3-5-9-14/h6-7,10-11,13-14H,3-5,8-9,12H2,1-2H3. The highest BCUT2D eigenvalue weighted by molar-refractivity contribution is 7.18. The van der Waals surface area contributed by atoms with Crippen LogP contribution in [0.2, 0.25) is 0 Å². The Morgan fingerprint density at radius 2 is 2.00 bits per heavy atom. The Labute approximate surface area is 152 Å². The third-order valence-electron chi connectivity index (χ3n) is 5.16. The first-order valence-electron chi connectivity index (χ1n) is 9.09. The molecule has 1 fully saturated rings. The molecular formula is C19H24N4OS. The molecule has 3 aromatic rings. The van der Waals surface area contributed by atoms with Gasteiger partial charge in [0.15, 0.2) is 5.82 Å². The summed E-state index contributed by atoms with van der Waals surface area (Å²) in [6.45, 7) is 2.85. The summed E-state index contributed by atoms with van der Waals surface area (Å²) in [5, 5.41) is 5.33. The van der Waals surface area contributed by atoms with Crippen LogP contribution in [0.15, 0.2) is 28.8 Å². The van der Waals surface area contributed by atoms with E-state index in [1.807, 2.05) is 6.07 Å². The van der Waals surface area contributed by atoms with Crippen LogP contribution in [0.4, 0.5) is 0 Å². The summed E-state index contributed by atoms with van der Waals surface area (Å²) >= 11 is 1.76. The number of para-hydroxylation sites is 1. The number of hydrogen-bond acceptors (Lipinski definition) is 6. The molecule has 25 heavy (non-hydrogen) atoms. The maximum Gasteiger partial charge on any atom is 0.229 e. The van der Waals surface area contributed by atoms with Crippen molar-refractivity contribution in [1.82, 2.24) is 20.0 Å². The Morgan fingerprint density at radius 1 is 1.20 bits per heavy atom. The Hall–Kier alpha value is -1.79. The summed E-state index contributed by atoms with van der Waals surface area (Å²) in [5.41, 5.74) is 1.07. The molecule has 1 aliphatic carbocycles. The minimum absolute atomic E-state index is 0.217. The van der Waals surface area contributed by atoms with Crippen molar-refractivity contribution in [2.45, 2.75) is 57.5 Å². The maximum atomic E-state index is 5.54. The van der Waals surface area contributed by atoms with Gasteiger partial charge in [-0.2, -0.15) is 4.98 Å². The number of hydrogen-bond donors (Lipinski definition) is 0. The van der Waals surface area contributed by atoms with Crippen LogP contribution < -0.4 is 0 Å². The van der Waals surface area contributed by atoms with Gasteiger partial charge in [-0.05, 0) is 38.9 Å². The predicted octanol–water partition coefficient (Wildman–Crippen LogP) is 4.92. The highest BCUT2D eigenvalue weighted by atomic mass is 32.1. The molecule has 1 aromatic carbocycles. The van der Waals surface area contributed by atoms with E-state index in [0.717, 1.165) is 22.2 Å². The van der Waals surface area contributed by atoms with Crippen LogP contribution in [0.25, 0.3) is 10.2 Å². The van der Waals surface area contributed by atoms with Crippen molar-refractivity contribution in [1.29, 1.82) is 0 Å². The fraction of sp³-hybridized carbons (Fsp3) is 0.526. The van der Waals surface area contributed by atoms with Gasteiger partial charge in [-0.25, -0.2) is 4.98 Å². The van der Waals surface area contributed by atoms with Crippen molar-refractivity contribution >= 4 is 21.6 Å². The van der Waals surface area contributed by atoms with Gasteiger partial charge in [0.2, 0.25) is 5.89 Å². The lowest BCUT2D eigenvalue weighted by Gasteiger charge is -2.21. The molecule has 0 spiro atoms. The largest absolute Gasteiger partial charge is 0.339 e. The topological polar surface area (TPSA) is 55.1 Å². The van der Waals surface area contributed by atoms with E-state index in [9.17, 15) is 0 Å². The van der Waals surface area contributed by atoms with Crippen molar-refractivity contribution in [3.63, 3.8) is 0 Å². The zero-order valence-corrected chi connectivity index (χ0v) is 15.6. The van der Waals surface area contributed by atoms with Crippen molar-refractivity contribution in [3.8, 4) is 0 Å². The third-order valence-corrected chi connectivity index (χ3v) is 6.36. The van der Waals surface area contributed by atoms with E-state index < -0.39 is 0 Å². The van der Waals surface area contributed by atoms with Gasteiger partial charge in [0.1, 0.15) is 5.01 Å². The molecule has 132 valence electrons. The molecule has 0 bridgehead atoms. The second-order valence-corrected chi connectivity index (χ2v) is 8.06. The van der Waals surface area contributed by atoms with Crippen molar-refractivity contribution in [2.24, 2.45) is 0 Å². The molecule has 0 amide bonds. The highest BCUT2D eigenvalue weighted by Crippen LogP contribution is 2.32. The second-order valence-electron chi connectivity index (χ2n) is 6.99. The summed E-state index contributed by atoms with van der Waals surface area (Å²) < 4.78 is 6.77. The van der Waals surface area contributed by atoms with E-state index in [-0.39, 0.29) is 6.04 Å². The average Bonchev–Trinajstić information content (AvgIpc) is 3.28. The number of rotatable bonds is 5. The molecule has 0 saturated heterocycles. The van der Waals surface area contributed by atoms with Crippen LogP contribution in [0.3, 0.4) is 0 Å². The Morgan fingerprint density at radius 3 is 2.80 bits per heavy atom. The Balaban J connectivity index is 1.44. The van der Waals surface area contributed by atoms with Crippen molar-refractivity contribution < 1.29 is 4.52 Å². The predicted molar refractivity (Wildman–Crippen MR) is 99.6 cm³/mol. The summed E-state index contributed by atoms with van der Waals surface area (Å²) in [5.74, 6) is 2.06. The molecule has 0 radical (unpaired) electrons. The van der Waals surface area contributed by atoms with Gasteiger partial charge in [-0.3, -0.25) is 4.90 Å². The van der Waals surface area contributed by atoms with Crippen molar-refractivity contribution in [3.05, 3.63) is 41.0 Å². The maximum absolute atomic E-state index is 5.54. The van der Waals surface area contributed by atoms with Crippen LogP contribution in [-0.2, 0) is 6.54 Å². The van der Waals surface area contributed by atoms with E-state index in [1.54, 1.807) is 11.3 Å². The van der Waals surface area contributed by atoms with Crippen LogP contribution >= 0.6 is 11.3 Å². The number of benzene rings is 1. The third kappa shape index (κ3) is 3.60. The van der Waals surface area contributed by atoms with Gasteiger partial charge < -0.3 is 4.52 Å². The molecule has 1 saturated carbocycles. The first-order chi connectivity index (χ1) is 12.2. The van der Waals surface area contributed by atoms with Gasteiger partial charge >= 0.3 is 0 Å². The SMILES string of the molecule is CC(c1nc2ccccc2s1)N(C)Cc1noc(C2CCCCC2)n1. The van der Waals surface area contributed by atoms with Crippen LogP contribution in [0.5, 0.6) is 0 Å². The van der Waals surface area contributed by atoms with Crippen LogP contribution in [0.1, 0.15) is 67.7 Å². The molecule has 1 unspecified atom stereocenters. The van der Waals surface area contributed by atoms with E-state index in [1.165, 1.54) is 36.8 Å². The summed E-state index contributed by atoms with van der Waals surface area (Å²) in [6.07, 6.45) is 6.24. The van der Waals surface area contributed by atoms with Crippen LogP contribution in [0, 0.1) is 0 Å². The molecule has 0 aliphatic heterocycles. The monoisotopic (exact) mass is 356 g/mol. The number of nitrogens with zero attached hydrogens (tertiary/aromatic N) is 4. The number of thiazole rings is 1. The highest BCUT2D eigenvalue weighted by Gasteiger charge is 2.23. The molecule has 1 aliphatic rings. The summed E-state index contributed by atoms with van der Waals surface area (Å²) in [6, 6.07) is 8.50. The molecule has 2 heterocycles. The van der Waals surface area contributed by atoms with Gasteiger partial charge in [0.25, 0.3) is 0 Å². The molecule has 0 N–H and O–H groups in total. The lowest BCUT2D eigenvalue weighted by Crippen LogP contribution is -2.22. The van der Waals surface area contributed by atoms with E-state index >= 15 is 0 Å². The minimum Gasteiger partial charge on any atom is -0.339 e. The molecule has 1 atom stereocenters. The molecule has 6 heteroatoms. The van der Waals surface area contributed by atoms with Gasteiger partial charge in [-0.1, -0.05) is 36.6 Å². The molecule has 5 nitrogen and oxygen atoms in total. The first-order valence-corrected chi connectivity index (χ1v) is 9.90. The number of aromatic nitrogens is 3. The fourth-order valence-electron chi connectivity index (χ4n) is 3.46. The van der Waals surface area contributed by atoms with E-state index in [0.29, 0.717) is 12.5 Å². The smallest absolute Gasteiger partial charge is 0.229 e. The number of fused-ring (bicyclic) bond motifs is 1. The second kappa shape index (κ2) is 7.22. The van der Waals surface area contributed by atoms with Crippen LogP contribution in [-0.4, -0.2) is 27.1 Å². The zero-order valence-electron chi connectivity index (χ0n) is 14.8. The van der Waals surface area contributed by atoms with Gasteiger partial charge in [0.05, 0.1) is 22.8 Å². The summed E-state index contributed by atoms with van der Waals surface area (Å²) in [7, 11) is 2.09. The average molecular weight is 356 g/mol. The summed E-state index contributed by atoms with van der Waals surface area (Å²) in [4.78, 5) is 11.7. The van der Waals surface area contributed by atoms with Gasteiger partial charge in [0, 0.05) is 5.92 Å². The Kier molecular flexibility index (Phi) is 4.81. The van der Waals surface area contributed by atoms with Crippen molar-refractivity contribution in [2.75, 3.05) is 7.05 Å². The van der Waals surface area contributed by atoms with E-state index in [2.05, 4.69) is 47.2 Å². The normalized spacial score (nSPS) is 17.4. The van der Waals surface area contributed by atoms with Gasteiger partial charge in [-0.15, -0.1) is 11.3 Å². The molecule has 4 rings (SSSR count). The fourth-order valence-corrected chi connectivity index (χ4v) is 4.55. The van der Waals surface area contributed by atoms with E-state index in [4.69, 9.17) is 9.51 Å². The molecule has 2 aromatic heterocycles. The lowest BCUT2D eigenvalue weighted by atomic mass is 9.89. The Bertz CT molecular complexity index is 804. The minimum atomic E-state index is 0.217.